The molecule has 0 amide bonds. The Bertz CT molecular complexity index is 268. The van der Waals surface area contributed by atoms with E-state index in [2.05, 4.69) is 62.7 Å². The summed E-state index contributed by atoms with van der Waals surface area (Å²) in [4.78, 5) is 3.39. The molecule has 0 saturated heterocycles. The van der Waals surface area contributed by atoms with Gasteiger partial charge in [0.1, 0.15) is 6.61 Å². The quantitative estimate of drug-likeness (QED) is 0.363. The molecule has 0 heterocycles. The monoisotopic (exact) mass is 287 g/mol. The van der Waals surface area contributed by atoms with Crippen molar-refractivity contribution < 1.29 is 4.52 Å². The molecule has 0 rings (SSSR count). The Labute approximate surface area is 120 Å². The molecule has 112 valence electrons. The van der Waals surface area contributed by atoms with E-state index in [1.54, 1.807) is 0 Å². The van der Waals surface area contributed by atoms with E-state index >= 15 is 0 Å². The number of nitrogens with zero attached hydrogens (tertiary/aromatic N) is 3. The van der Waals surface area contributed by atoms with Crippen LogP contribution >= 0.6 is 8.45 Å². The van der Waals surface area contributed by atoms with E-state index in [1.807, 2.05) is 0 Å². The van der Waals surface area contributed by atoms with E-state index in [4.69, 9.17) is 11.1 Å². The van der Waals surface area contributed by atoms with Gasteiger partial charge in [-0.05, 0) is 41.5 Å². The fourth-order valence-corrected chi connectivity index (χ4v) is 4.34. The van der Waals surface area contributed by atoms with Crippen molar-refractivity contribution in [3.8, 4) is 0 Å². The molecule has 0 radical (unpaired) electrons. The maximum atomic E-state index is 6.88. The average molecular weight is 287 g/mol. The third-order valence-corrected chi connectivity index (χ3v) is 5.72. The third kappa shape index (κ3) is 6.19. The fraction of sp³-hybridized carbons (Fsp3) is 0.929. The summed E-state index contributed by atoms with van der Waals surface area (Å²) in [5.74, 6) is 0. The highest BCUT2D eigenvalue weighted by Gasteiger charge is 2.31. The second kappa shape index (κ2) is 9.66. The first-order valence-electron chi connectivity index (χ1n) is 7.17. The third-order valence-electron chi connectivity index (χ3n) is 2.81. The highest BCUT2D eigenvalue weighted by Crippen LogP contribution is 2.49. The second-order valence-corrected chi connectivity index (χ2v) is 7.12. The van der Waals surface area contributed by atoms with E-state index in [0.29, 0.717) is 31.3 Å². The number of hydrogen-bond donors (Lipinski definition) is 0. The molecule has 0 spiro atoms. The molecule has 0 aliphatic rings. The van der Waals surface area contributed by atoms with Crippen molar-refractivity contribution in [1.82, 2.24) is 9.34 Å². The van der Waals surface area contributed by atoms with Gasteiger partial charge in [-0.3, -0.25) is 0 Å². The van der Waals surface area contributed by atoms with Crippen LogP contribution in [0, 0.1) is 6.57 Å². The molecule has 0 aliphatic heterocycles. The summed E-state index contributed by atoms with van der Waals surface area (Å²) in [5.41, 5.74) is 0. The lowest BCUT2D eigenvalue weighted by Gasteiger charge is -2.43. The van der Waals surface area contributed by atoms with Crippen molar-refractivity contribution >= 4 is 8.45 Å². The molecule has 0 aromatic rings. The molecule has 0 saturated carbocycles. The minimum atomic E-state index is -0.794. The Balaban J connectivity index is 5.05. The van der Waals surface area contributed by atoms with Gasteiger partial charge in [0.15, 0.2) is 8.45 Å². The van der Waals surface area contributed by atoms with Crippen LogP contribution in [0.25, 0.3) is 4.85 Å². The van der Waals surface area contributed by atoms with Crippen molar-refractivity contribution in [2.45, 2.75) is 66.6 Å². The summed E-state index contributed by atoms with van der Waals surface area (Å²) >= 11 is 0. The van der Waals surface area contributed by atoms with E-state index < -0.39 is 8.45 Å². The molecular formula is C14H30N3OP. The Morgan fingerprint density at radius 3 is 1.89 bits per heavy atom. The van der Waals surface area contributed by atoms with Gasteiger partial charge in [-0.25, -0.2) is 15.9 Å². The van der Waals surface area contributed by atoms with Crippen LogP contribution in [0.4, 0.5) is 0 Å². The van der Waals surface area contributed by atoms with Crippen LogP contribution in [0.3, 0.4) is 0 Å². The number of hydrogen-bond acceptors (Lipinski definition) is 3. The zero-order valence-electron chi connectivity index (χ0n) is 13.6. The van der Waals surface area contributed by atoms with Gasteiger partial charge in [-0.2, -0.15) is 0 Å². The molecule has 1 unspecified atom stereocenters. The maximum Gasteiger partial charge on any atom is 0.238 e. The van der Waals surface area contributed by atoms with Gasteiger partial charge in [0.05, 0.1) is 0 Å². The normalized spacial score (nSPS) is 13.8. The van der Waals surface area contributed by atoms with Crippen LogP contribution in [0.1, 0.15) is 48.5 Å². The van der Waals surface area contributed by atoms with Crippen LogP contribution in [0.15, 0.2) is 0 Å². The molecular weight excluding hydrogens is 257 g/mol. The standard InChI is InChI=1S/C14H30N3OP/c1-9-16(12(2)3)19(18-11-10-15-8)17(13(4)5)14(6)7/h12-14H,9-11H2,1-7H3. The zero-order chi connectivity index (χ0) is 15.0. The Kier molecular flexibility index (Phi) is 9.56. The van der Waals surface area contributed by atoms with Crippen molar-refractivity contribution in [2.75, 3.05) is 19.7 Å². The number of rotatable bonds is 9. The van der Waals surface area contributed by atoms with Crippen molar-refractivity contribution in [3.63, 3.8) is 0 Å². The van der Waals surface area contributed by atoms with Crippen molar-refractivity contribution in [3.05, 3.63) is 11.4 Å². The minimum Gasteiger partial charge on any atom is -0.323 e. The van der Waals surface area contributed by atoms with Crippen LogP contribution in [0.5, 0.6) is 0 Å². The van der Waals surface area contributed by atoms with Gasteiger partial charge in [-0.1, -0.05) is 6.92 Å². The highest BCUT2D eigenvalue weighted by molar-refractivity contribution is 7.47. The molecule has 4 nitrogen and oxygen atoms in total. The first-order chi connectivity index (χ1) is 8.86. The minimum absolute atomic E-state index is 0.437. The largest absolute Gasteiger partial charge is 0.323 e. The smallest absolute Gasteiger partial charge is 0.238 e. The molecule has 0 fully saturated rings. The van der Waals surface area contributed by atoms with E-state index in [9.17, 15) is 0 Å². The lowest BCUT2D eigenvalue weighted by molar-refractivity contribution is 0.210. The molecule has 0 bridgehead atoms. The van der Waals surface area contributed by atoms with Gasteiger partial charge >= 0.3 is 0 Å². The zero-order valence-corrected chi connectivity index (χ0v) is 14.4. The fourth-order valence-electron chi connectivity index (χ4n) is 2.12. The Morgan fingerprint density at radius 2 is 1.58 bits per heavy atom. The molecule has 19 heavy (non-hydrogen) atoms. The van der Waals surface area contributed by atoms with Crippen LogP contribution < -0.4 is 0 Å². The molecule has 0 aliphatic carbocycles. The van der Waals surface area contributed by atoms with Crippen LogP contribution in [-0.4, -0.2) is 47.2 Å². The Hall–Kier alpha value is -0.200. The summed E-state index contributed by atoms with van der Waals surface area (Å²) in [6.45, 7) is 24.2. The molecule has 0 aromatic carbocycles. The maximum absolute atomic E-state index is 6.88. The lowest BCUT2D eigenvalue weighted by Crippen LogP contribution is -2.40. The first kappa shape index (κ1) is 18.8. The average Bonchev–Trinajstić information content (AvgIpc) is 2.28. The van der Waals surface area contributed by atoms with E-state index in [1.165, 1.54) is 0 Å². The predicted octanol–water partition coefficient (Wildman–Crippen LogP) is 4.00. The first-order valence-corrected chi connectivity index (χ1v) is 8.34. The molecule has 5 heteroatoms. The predicted molar refractivity (Wildman–Crippen MR) is 84.0 cm³/mol. The second-order valence-electron chi connectivity index (χ2n) is 5.38. The molecule has 1 atom stereocenters. The molecule has 0 aromatic heterocycles. The molecule has 0 N–H and O–H groups in total. The highest BCUT2D eigenvalue weighted by atomic mass is 31.2. The van der Waals surface area contributed by atoms with Crippen LogP contribution in [0.2, 0.25) is 0 Å². The van der Waals surface area contributed by atoms with Crippen molar-refractivity contribution in [1.29, 1.82) is 0 Å². The van der Waals surface area contributed by atoms with Crippen LogP contribution in [-0.2, 0) is 4.52 Å². The SMILES string of the molecule is [C-]#[N+]CCOP(N(CC)C(C)C)N(C(C)C)C(C)C. The van der Waals surface area contributed by atoms with Crippen molar-refractivity contribution in [2.24, 2.45) is 0 Å². The summed E-state index contributed by atoms with van der Waals surface area (Å²) in [6, 6.07) is 1.32. The Morgan fingerprint density at radius 1 is 1.05 bits per heavy atom. The van der Waals surface area contributed by atoms with Gasteiger partial charge in [0.2, 0.25) is 6.54 Å². The van der Waals surface area contributed by atoms with Gasteiger partial charge in [0, 0.05) is 24.7 Å². The lowest BCUT2D eigenvalue weighted by atomic mass is 10.3. The summed E-state index contributed by atoms with van der Waals surface area (Å²) < 4.78 is 10.9. The van der Waals surface area contributed by atoms with Gasteiger partial charge in [0.25, 0.3) is 0 Å². The topological polar surface area (TPSA) is 20.1 Å². The summed E-state index contributed by atoms with van der Waals surface area (Å²) in [5, 5.41) is 0. The summed E-state index contributed by atoms with van der Waals surface area (Å²) in [6.07, 6.45) is 0. The van der Waals surface area contributed by atoms with Gasteiger partial charge < -0.3 is 9.37 Å². The summed E-state index contributed by atoms with van der Waals surface area (Å²) in [7, 11) is -0.794. The van der Waals surface area contributed by atoms with Gasteiger partial charge in [-0.15, -0.1) is 0 Å². The van der Waals surface area contributed by atoms with E-state index in [-0.39, 0.29) is 0 Å². The van der Waals surface area contributed by atoms with E-state index in [0.717, 1.165) is 6.54 Å².